The van der Waals surface area contributed by atoms with Crippen molar-refractivity contribution in [3.63, 3.8) is 0 Å². The number of carbonyl (C=O) groups is 3. The number of esters is 1. The first kappa shape index (κ1) is 19.5. The number of methoxy groups -OCH3 is 1. The lowest BCUT2D eigenvalue weighted by atomic mass is 9.96. The lowest BCUT2D eigenvalue weighted by Crippen LogP contribution is -2.46. The van der Waals surface area contributed by atoms with Crippen LogP contribution in [0.15, 0.2) is 30.3 Å². The van der Waals surface area contributed by atoms with Crippen LogP contribution in [-0.4, -0.2) is 37.7 Å². The quantitative estimate of drug-likeness (QED) is 0.600. The molecular formula is C19H24N2O5. The molecule has 0 spiro atoms. The minimum Gasteiger partial charge on any atom is -0.497 e. The Kier molecular flexibility index (Phi) is 7.67. The molecule has 0 unspecified atom stereocenters. The minimum absolute atomic E-state index is 0.102. The Balaban J connectivity index is 1.69. The lowest BCUT2D eigenvalue weighted by Gasteiger charge is -2.22. The van der Waals surface area contributed by atoms with Crippen molar-refractivity contribution in [3.05, 3.63) is 35.9 Å². The second-order valence-corrected chi connectivity index (χ2v) is 6.07. The van der Waals surface area contributed by atoms with Gasteiger partial charge in [0.1, 0.15) is 5.75 Å². The number of nitrogens with one attached hydrogen (secondary N) is 2. The van der Waals surface area contributed by atoms with Gasteiger partial charge in [-0.05, 0) is 36.6 Å². The zero-order valence-electron chi connectivity index (χ0n) is 14.8. The normalized spacial score (nSPS) is 14.7. The molecule has 0 aliphatic heterocycles. The van der Waals surface area contributed by atoms with E-state index in [1.807, 2.05) is 0 Å². The standard InChI is InChI=1S/C19H24N2O5/c1-25-16-9-5-6-14(12-16)10-11-18(23)26-13-17(22)21-19(24)20-15-7-3-2-4-8-15/h5-6,9-12,15H,2-4,7-8,13H2,1H3,(H2,20,21,22,24). The van der Waals surface area contributed by atoms with Crippen molar-refractivity contribution in [2.75, 3.05) is 13.7 Å². The van der Waals surface area contributed by atoms with Gasteiger partial charge < -0.3 is 14.8 Å². The Morgan fingerprint density at radius 1 is 1.19 bits per heavy atom. The van der Waals surface area contributed by atoms with Gasteiger partial charge >= 0.3 is 12.0 Å². The van der Waals surface area contributed by atoms with Gasteiger partial charge in [-0.2, -0.15) is 0 Å². The second-order valence-electron chi connectivity index (χ2n) is 6.07. The molecule has 2 N–H and O–H groups in total. The minimum atomic E-state index is -0.671. The van der Waals surface area contributed by atoms with Crippen molar-refractivity contribution in [2.24, 2.45) is 0 Å². The fourth-order valence-electron chi connectivity index (χ4n) is 2.73. The Morgan fingerprint density at radius 3 is 2.69 bits per heavy atom. The summed E-state index contributed by atoms with van der Waals surface area (Å²) in [6, 6.07) is 6.69. The monoisotopic (exact) mass is 360 g/mol. The van der Waals surface area contributed by atoms with Gasteiger partial charge in [0.25, 0.3) is 5.91 Å². The highest BCUT2D eigenvalue weighted by atomic mass is 16.5. The third-order valence-corrected chi connectivity index (χ3v) is 4.04. The van der Waals surface area contributed by atoms with Gasteiger partial charge in [-0.3, -0.25) is 10.1 Å². The summed E-state index contributed by atoms with van der Waals surface area (Å²) in [6.07, 6.45) is 7.95. The summed E-state index contributed by atoms with van der Waals surface area (Å²) in [5.74, 6) is -0.666. The van der Waals surface area contributed by atoms with Gasteiger partial charge in [-0.15, -0.1) is 0 Å². The largest absolute Gasteiger partial charge is 0.497 e. The molecule has 26 heavy (non-hydrogen) atoms. The molecule has 0 aromatic heterocycles. The second kappa shape index (κ2) is 10.2. The number of hydrogen-bond acceptors (Lipinski definition) is 5. The number of amides is 3. The molecule has 7 heteroatoms. The highest BCUT2D eigenvalue weighted by Gasteiger charge is 2.17. The molecule has 1 aromatic carbocycles. The SMILES string of the molecule is COc1cccc(C=CC(=O)OCC(=O)NC(=O)NC2CCCCC2)c1. The van der Waals surface area contributed by atoms with E-state index >= 15 is 0 Å². The third-order valence-electron chi connectivity index (χ3n) is 4.04. The summed E-state index contributed by atoms with van der Waals surface area (Å²) in [5.41, 5.74) is 0.762. The van der Waals surface area contributed by atoms with E-state index < -0.39 is 24.5 Å². The maximum Gasteiger partial charge on any atom is 0.331 e. The highest BCUT2D eigenvalue weighted by Crippen LogP contribution is 2.17. The average Bonchev–Trinajstić information content (AvgIpc) is 2.65. The Hall–Kier alpha value is -2.83. The molecule has 0 bridgehead atoms. The highest BCUT2D eigenvalue weighted by molar-refractivity contribution is 5.96. The van der Waals surface area contributed by atoms with Crippen LogP contribution in [0, 0.1) is 0 Å². The van der Waals surface area contributed by atoms with Gasteiger partial charge in [0.2, 0.25) is 0 Å². The van der Waals surface area contributed by atoms with Crippen LogP contribution in [0.5, 0.6) is 5.75 Å². The molecule has 0 radical (unpaired) electrons. The number of imide groups is 1. The van der Waals surface area contributed by atoms with Crippen molar-refractivity contribution in [1.82, 2.24) is 10.6 Å². The van der Waals surface area contributed by atoms with Crippen LogP contribution in [0.3, 0.4) is 0 Å². The Morgan fingerprint density at radius 2 is 1.96 bits per heavy atom. The number of ether oxygens (including phenoxy) is 2. The fourth-order valence-corrected chi connectivity index (χ4v) is 2.73. The molecule has 0 atom stereocenters. The summed E-state index contributed by atoms with van der Waals surface area (Å²) < 4.78 is 9.92. The summed E-state index contributed by atoms with van der Waals surface area (Å²) >= 11 is 0. The van der Waals surface area contributed by atoms with Crippen molar-refractivity contribution < 1.29 is 23.9 Å². The van der Waals surface area contributed by atoms with E-state index in [-0.39, 0.29) is 6.04 Å². The first-order valence-electron chi connectivity index (χ1n) is 8.66. The molecule has 1 aliphatic carbocycles. The predicted molar refractivity (Wildman–Crippen MR) is 96.5 cm³/mol. The first-order chi connectivity index (χ1) is 12.6. The maximum absolute atomic E-state index is 11.7. The lowest BCUT2D eigenvalue weighted by molar-refractivity contribution is -0.143. The van der Waals surface area contributed by atoms with Crippen LogP contribution in [0.25, 0.3) is 6.08 Å². The van der Waals surface area contributed by atoms with E-state index in [9.17, 15) is 14.4 Å². The van der Waals surface area contributed by atoms with Gasteiger partial charge in [-0.25, -0.2) is 9.59 Å². The zero-order valence-corrected chi connectivity index (χ0v) is 14.8. The number of urea groups is 1. The van der Waals surface area contributed by atoms with Crippen molar-refractivity contribution in [1.29, 1.82) is 0 Å². The van der Waals surface area contributed by atoms with Gasteiger partial charge in [0.15, 0.2) is 6.61 Å². The summed E-state index contributed by atoms with van der Waals surface area (Å²) in [7, 11) is 1.56. The van der Waals surface area contributed by atoms with E-state index in [1.165, 1.54) is 12.5 Å². The maximum atomic E-state index is 11.7. The molecular weight excluding hydrogens is 336 g/mol. The van der Waals surface area contributed by atoms with Crippen LogP contribution in [-0.2, 0) is 14.3 Å². The molecule has 7 nitrogen and oxygen atoms in total. The summed E-state index contributed by atoms with van der Waals surface area (Å²) in [6.45, 7) is -0.515. The number of rotatable bonds is 6. The van der Waals surface area contributed by atoms with Crippen LogP contribution < -0.4 is 15.4 Å². The third kappa shape index (κ3) is 6.96. The van der Waals surface area contributed by atoms with E-state index in [0.29, 0.717) is 5.75 Å². The molecule has 1 fully saturated rings. The molecule has 0 saturated heterocycles. The zero-order chi connectivity index (χ0) is 18.8. The average molecular weight is 360 g/mol. The van der Waals surface area contributed by atoms with Crippen molar-refractivity contribution in [3.8, 4) is 5.75 Å². The van der Waals surface area contributed by atoms with Gasteiger partial charge in [0, 0.05) is 12.1 Å². The van der Waals surface area contributed by atoms with Crippen LogP contribution in [0.2, 0.25) is 0 Å². The molecule has 1 aliphatic rings. The molecule has 1 aromatic rings. The smallest absolute Gasteiger partial charge is 0.331 e. The number of carbonyl (C=O) groups excluding carboxylic acids is 3. The summed E-state index contributed by atoms with van der Waals surface area (Å²) in [4.78, 5) is 35.1. The first-order valence-corrected chi connectivity index (χ1v) is 8.66. The number of benzene rings is 1. The van der Waals surface area contributed by atoms with Gasteiger partial charge in [-0.1, -0.05) is 31.4 Å². The fraction of sp³-hybridized carbons (Fsp3) is 0.421. The van der Waals surface area contributed by atoms with Gasteiger partial charge in [0.05, 0.1) is 7.11 Å². The van der Waals surface area contributed by atoms with Crippen LogP contribution in [0.4, 0.5) is 4.79 Å². The number of hydrogen-bond donors (Lipinski definition) is 2. The molecule has 2 rings (SSSR count). The molecule has 3 amide bonds. The van der Waals surface area contributed by atoms with E-state index in [4.69, 9.17) is 9.47 Å². The Labute approximate surface area is 152 Å². The van der Waals surface area contributed by atoms with Crippen LogP contribution >= 0.6 is 0 Å². The van der Waals surface area contributed by atoms with Crippen molar-refractivity contribution in [2.45, 2.75) is 38.1 Å². The molecule has 1 saturated carbocycles. The Bertz CT molecular complexity index is 666. The molecule has 140 valence electrons. The predicted octanol–water partition coefficient (Wildman–Crippen LogP) is 2.41. The van der Waals surface area contributed by atoms with E-state index in [0.717, 1.165) is 31.2 Å². The van der Waals surface area contributed by atoms with Crippen LogP contribution in [0.1, 0.15) is 37.7 Å². The summed E-state index contributed by atoms with van der Waals surface area (Å²) in [5, 5.41) is 4.92. The van der Waals surface area contributed by atoms with Crippen molar-refractivity contribution >= 4 is 24.0 Å². The molecule has 0 heterocycles. The topological polar surface area (TPSA) is 93.7 Å². The van der Waals surface area contributed by atoms with E-state index in [2.05, 4.69) is 10.6 Å². The van der Waals surface area contributed by atoms with E-state index in [1.54, 1.807) is 37.5 Å².